The molecule has 0 aromatic heterocycles. The van der Waals surface area contributed by atoms with Crippen molar-refractivity contribution in [1.29, 1.82) is 0 Å². The normalized spacial score (nSPS) is 14.8. The molecule has 2 saturated heterocycles. The first kappa shape index (κ1) is 36.4. The summed E-state index contributed by atoms with van der Waals surface area (Å²) < 4.78 is 13.9. The summed E-state index contributed by atoms with van der Waals surface area (Å²) in [5, 5.41) is 8.27. The molecule has 0 bridgehead atoms. The molecule has 4 nitrogen and oxygen atoms in total. The molecule has 0 saturated carbocycles. The third-order valence-electron chi connectivity index (χ3n) is 7.00. The van der Waals surface area contributed by atoms with Gasteiger partial charge >= 0.3 is 18.9 Å². The molecular formula is C36H53LiN2O2P+. The minimum atomic E-state index is -2.30. The van der Waals surface area contributed by atoms with Gasteiger partial charge in [-0.2, -0.15) is 0 Å². The van der Waals surface area contributed by atoms with Crippen LogP contribution < -0.4 is 34.2 Å². The molecular weight excluding hydrogens is 530 g/mol. The van der Waals surface area contributed by atoms with E-state index in [1.807, 2.05) is 0 Å². The van der Waals surface area contributed by atoms with Gasteiger partial charge in [0, 0.05) is 37.0 Å². The van der Waals surface area contributed by atoms with Crippen LogP contribution in [0.2, 0.25) is 0 Å². The maximum Gasteiger partial charge on any atom is 1.00 e. The van der Waals surface area contributed by atoms with E-state index in [-0.39, 0.29) is 24.4 Å². The molecule has 0 amide bonds. The number of ether oxygens (including phenoxy) is 2. The van der Waals surface area contributed by atoms with Crippen molar-refractivity contribution in [3.05, 3.63) is 95.1 Å². The molecule has 1 N–H and O–H groups in total. The van der Waals surface area contributed by atoms with E-state index >= 15 is 0 Å². The van der Waals surface area contributed by atoms with Gasteiger partial charge in [0.15, 0.2) is 0 Å². The molecule has 2 aliphatic heterocycles. The maximum atomic E-state index is 5.76. The van der Waals surface area contributed by atoms with Crippen molar-refractivity contribution in [3.8, 4) is 0 Å². The number of nitrogens with one attached hydrogen (secondary N) is 1. The van der Waals surface area contributed by atoms with E-state index < -0.39 is 7.21 Å². The fourth-order valence-corrected chi connectivity index (χ4v) is 8.54. The summed E-state index contributed by atoms with van der Waals surface area (Å²) in [5.74, 6) is 0.807. The summed E-state index contributed by atoms with van der Waals surface area (Å²) in [6.07, 6.45) is 5.11. The van der Waals surface area contributed by atoms with Crippen LogP contribution in [0.15, 0.2) is 78.9 Å². The van der Waals surface area contributed by atoms with Gasteiger partial charge in [-0.3, -0.25) is 4.74 Å². The second-order valence-corrected chi connectivity index (χ2v) is 15.2. The summed E-state index contributed by atoms with van der Waals surface area (Å²) in [6.45, 7) is 19.8. The fraction of sp³-hybridized carbons (Fsp3) is 0.500. The van der Waals surface area contributed by atoms with Gasteiger partial charge in [0.1, 0.15) is 5.54 Å². The zero-order chi connectivity index (χ0) is 29.7. The summed E-state index contributed by atoms with van der Waals surface area (Å²) in [6, 6.07) is 28.3. The zero-order valence-corrected chi connectivity index (χ0v) is 28.4. The minimum Gasteiger partial charge on any atom is -0.602 e. The Morgan fingerprint density at radius 1 is 0.619 bits per heavy atom. The van der Waals surface area contributed by atoms with E-state index in [1.54, 1.807) is 0 Å². The van der Waals surface area contributed by atoms with Crippen LogP contribution in [-0.4, -0.2) is 32.0 Å². The molecule has 2 heterocycles. The summed E-state index contributed by atoms with van der Waals surface area (Å²) in [7, 11) is -2.30. The van der Waals surface area contributed by atoms with Crippen molar-refractivity contribution >= 4 is 23.5 Å². The number of rotatable bonds is 6. The van der Waals surface area contributed by atoms with Gasteiger partial charge in [-0.05, 0) is 58.3 Å². The standard InChI is InChI=1S/C28H36N2P.2C4H8O.Li/c1-21(2)25-19-14-20-26(22(3)4)27(25)29-31(30-28(5,6)7,23-15-10-8-11-16-23)24-17-12-9-13-18-24;2*1-2-4-5-3-1;/h8-22H,1-7H3;2*1-4H2;/q-1;;;+1/p+1. The molecule has 0 radical (unpaired) electrons. The Morgan fingerprint density at radius 2 is 1.00 bits per heavy atom. The van der Waals surface area contributed by atoms with Crippen LogP contribution in [0, 0.1) is 0 Å². The quantitative estimate of drug-likeness (QED) is 0.321. The summed E-state index contributed by atoms with van der Waals surface area (Å²) in [5.41, 5.74) is 3.69. The van der Waals surface area contributed by atoms with Crippen molar-refractivity contribution < 1.29 is 33.1 Å². The predicted octanol–water partition coefficient (Wildman–Crippen LogP) is 5.18. The molecule has 224 valence electrons. The van der Waals surface area contributed by atoms with Gasteiger partial charge in [0.2, 0.25) is 0 Å². The monoisotopic (exact) mass is 583 g/mol. The first-order valence-corrected chi connectivity index (χ1v) is 17.2. The molecule has 6 heteroatoms. The van der Waals surface area contributed by atoms with Gasteiger partial charge < -0.3 is 14.6 Å². The Morgan fingerprint density at radius 3 is 1.29 bits per heavy atom. The van der Waals surface area contributed by atoms with E-state index in [0.29, 0.717) is 11.8 Å². The topological polar surface area (TPSA) is 46.5 Å². The van der Waals surface area contributed by atoms with Crippen LogP contribution in [0.25, 0.3) is 5.09 Å². The maximum absolute atomic E-state index is 5.76. The predicted molar refractivity (Wildman–Crippen MR) is 178 cm³/mol. The summed E-state index contributed by atoms with van der Waals surface area (Å²) >= 11 is 0. The Balaban J connectivity index is 0.000000469. The molecule has 2 fully saturated rings. The molecule has 0 unspecified atom stereocenters. The Bertz CT molecular complexity index is 1120. The first-order chi connectivity index (χ1) is 19.6. The van der Waals surface area contributed by atoms with Crippen LogP contribution in [0.1, 0.15) is 97.1 Å². The van der Waals surface area contributed by atoms with Crippen molar-refractivity contribution in [2.24, 2.45) is 0 Å². The summed E-state index contributed by atoms with van der Waals surface area (Å²) in [4.78, 5) is 0. The molecule has 0 atom stereocenters. The third-order valence-corrected chi connectivity index (χ3v) is 10.6. The van der Waals surface area contributed by atoms with Gasteiger partial charge in [-0.25, -0.2) is 0 Å². The molecule has 42 heavy (non-hydrogen) atoms. The average Bonchev–Trinajstić information content (AvgIpc) is 3.73. The molecule has 0 aliphatic carbocycles. The van der Waals surface area contributed by atoms with Gasteiger partial charge in [0.25, 0.3) is 0 Å². The van der Waals surface area contributed by atoms with E-state index in [2.05, 4.69) is 132 Å². The molecule has 0 spiro atoms. The van der Waals surface area contributed by atoms with E-state index in [1.165, 1.54) is 47.4 Å². The Labute approximate surface area is 268 Å². The molecule has 2 aliphatic rings. The number of nitrogens with zero attached hydrogens (tertiary/aromatic N) is 1. The Hall–Kier alpha value is -1.79. The fourth-order valence-electron chi connectivity index (χ4n) is 4.99. The smallest absolute Gasteiger partial charge is 0.602 e. The largest absolute Gasteiger partial charge is 1.00 e. The number of hydrogen-bond donors (Lipinski definition) is 1. The Kier molecular flexibility index (Phi) is 15.7. The first-order valence-electron chi connectivity index (χ1n) is 15.5. The SMILES string of the molecule is C1CCOC1.C1CCOC1.CC(C)c1cccc(C(C)C)c1[N-]P(=[NH+]C(C)(C)C)(c1ccccc1)c1ccccc1.[Li+]. The molecule has 3 aromatic rings. The van der Waals surface area contributed by atoms with Crippen LogP contribution in [0.4, 0.5) is 5.69 Å². The zero-order valence-electron chi connectivity index (χ0n) is 27.5. The second kappa shape index (κ2) is 18.1. The van der Waals surface area contributed by atoms with Crippen molar-refractivity contribution in [1.82, 2.24) is 0 Å². The minimum absolute atomic E-state index is 0. The second-order valence-electron chi connectivity index (χ2n) is 12.5. The van der Waals surface area contributed by atoms with E-state index in [0.717, 1.165) is 32.1 Å². The van der Waals surface area contributed by atoms with Crippen LogP contribution in [-0.2, 0) is 9.47 Å². The number of benzene rings is 3. The van der Waals surface area contributed by atoms with Crippen molar-refractivity contribution in [3.63, 3.8) is 0 Å². The van der Waals surface area contributed by atoms with Crippen molar-refractivity contribution in [2.75, 3.05) is 26.4 Å². The van der Waals surface area contributed by atoms with Gasteiger partial charge in [0.05, 0.1) is 7.21 Å². The van der Waals surface area contributed by atoms with Crippen LogP contribution in [0.3, 0.4) is 0 Å². The van der Waals surface area contributed by atoms with Crippen LogP contribution in [0.5, 0.6) is 0 Å². The van der Waals surface area contributed by atoms with E-state index in [4.69, 9.17) is 14.6 Å². The van der Waals surface area contributed by atoms with Crippen molar-refractivity contribution in [2.45, 2.75) is 91.5 Å². The van der Waals surface area contributed by atoms with Gasteiger partial charge in [-0.15, -0.1) is 5.69 Å². The third kappa shape index (κ3) is 11.0. The molecule has 5 rings (SSSR count). The van der Waals surface area contributed by atoms with E-state index in [9.17, 15) is 0 Å². The molecule has 3 aromatic carbocycles. The average molecular weight is 584 g/mol. The van der Waals surface area contributed by atoms with Gasteiger partial charge in [-0.1, -0.05) is 118 Å². The number of hydrogen-bond acceptors (Lipinski definition) is 2. The van der Waals surface area contributed by atoms with Crippen LogP contribution >= 0.6 is 7.21 Å².